The van der Waals surface area contributed by atoms with Gasteiger partial charge in [-0.25, -0.2) is 4.98 Å². The molecule has 1 aromatic carbocycles. The minimum absolute atomic E-state index is 0.173. The first-order chi connectivity index (χ1) is 13.9. The molecule has 1 aromatic heterocycles. The highest BCUT2D eigenvalue weighted by molar-refractivity contribution is 6.04. The molecule has 2 heterocycles. The van der Waals surface area contributed by atoms with Crippen LogP contribution >= 0.6 is 0 Å². The molecule has 154 valence electrons. The summed E-state index contributed by atoms with van der Waals surface area (Å²) in [6, 6.07) is 11.1. The van der Waals surface area contributed by atoms with Crippen molar-refractivity contribution in [2.24, 2.45) is 0 Å². The van der Waals surface area contributed by atoms with Gasteiger partial charge in [0.15, 0.2) is 0 Å². The van der Waals surface area contributed by atoms with Gasteiger partial charge in [0.05, 0.1) is 13.2 Å². The zero-order valence-corrected chi connectivity index (χ0v) is 17.6. The van der Waals surface area contributed by atoms with Crippen molar-refractivity contribution in [3.05, 3.63) is 58.9 Å². The van der Waals surface area contributed by atoms with Gasteiger partial charge in [0.1, 0.15) is 11.4 Å². The molecule has 0 bridgehead atoms. The molecule has 0 unspecified atom stereocenters. The van der Waals surface area contributed by atoms with E-state index in [4.69, 9.17) is 4.74 Å². The quantitative estimate of drug-likeness (QED) is 0.829. The molecule has 2 aromatic rings. The van der Waals surface area contributed by atoms with Crippen molar-refractivity contribution < 1.29 is 14.3 Å². The first-order valence-electron chi connectivity index (χ1n) is 10.2. The van der Waals surface area contributed by atoms with E-state index in [1.54, 1.807) is 23.1 Å². The standard InChI is InChI=1S/C23H29N3O3/c1-15(2)17-7-5-8-18(16(3)4)21(17)25-22(27)19-9-6-10-20(24-19)23(28)26-11-13-29-14-12-26/h5-10,15-16H,11-14H2,1-4H3,(H,25,27). The molecule has 0 saturated carbocycles. The van der Waals surface area contributed by atoms with Crippen molar-refractivity contribution in [1.82, 2.24) is 9.88 Å². The normalized spacial score (nSPS) is 14.3. The van der Waals surface area contributed by atoms with Crippen LogP contribution in [-0.4, -0.2) is 48.0 Å². The number of morpholine rings is 1. The predicted octanol–water partition coefficient (Wildman–Crippen LogP) is 4.05. The van der Waals surface area contributed by atoms with E-state index in [-0.39, 0.29) is 35.0 Å². The fourth-order valence-electron chi connectivity index (χ4n) is 3.48. The van der Waals surface area contributed by atoms with Crippen LogP contribution < -0.4 is 5.32 Å². The summed E-state index contributed by atoms with van der Waals surface area (Å²) in [6.45, 7) is 10.5. The van der Waals surface area contributed by atoms with Crippen LogP contribution in [0.3, 0.4) is 0 Å². The third-order valence-corrected chi connectivity index (χ3v) is 5.11. The molecule has 0 aliphatic carbocycles. The van der Waals surface area contributed by atoms with Crippen molar-refractivity contribution in [3.63, 3.8) is 0 Å². The van der Waals surface area contributed by atoms with Gasteiger partial charge < -0.3 is 15.0 Å². The van der Waals surface area contributed by atoms with Gasteiger partial charge >= 0.3 is 0 Å². The maximum absolute atomic E-state index is 13.0. The Bertz CT molecular complexity index is 860. The van der Waals surface area contributed by atoms with Crippen molar-refractivity contribution in [1.29, 1.82) is 0 Å². The molecular formula is C23H29N3O3. The summed E-state index contributed by atoms with van der Waals surface area (Å²) in [4.78, 5) is 31.7. The Labute approximate surface area is 172 Å². The molecule has 0 spiro atoms. The number of carbonyl (C=O) groups excluding carboxylic acids is 2. The topological polar surface area (TPSA) is 71.5 Å². The van der Waals surface area contributed by atoms with E-state index in [0.717, 1.165) is 16.8 Å². The number of nitrogens with one attached hydrogen (secondary N) is 1. The highest BCUT2D eigenvalue weighted by atomic mass is 16.5. The van der Waals surface area contributed by atoms with Crippen LogP contribution in [0.5, 0.6) is 0 Å². The zero-order chi connectivity index (χ0) is 21.0. The lowest BCUT2D eigenvalue weighted by atomic mass is 9.92. The first kappa shape index (κ1) is 21.0. The second-order valence-electron chi connectivity index (χ2n) is 7.89. The van der Waals surface area contributed by atoms with Crippen LogP contribution in [-0.2, 0) is 4.74 Å². The summed E-state index contributed by atoms with van der Waals surface area (Å²) >= 11 is 0. The van der Waals surface area contributed by atoms with E-state index >= 15 is 0 Å². The van der Waals surface area contributed by atoms with Crippen LogP contribution in [0, 0.1) is 0 Å². The molecule has 3 rings (SSSR count). The summed E-state index contributed by atoms with van der Waals surface area (Å²) < 4.78 is 5.30. The van der Waals surface area contributed by atoms with E-state index in [1.807, 2.05) is 18.2 Å². The minimum Gasteiger partial charge on any atom is -0.378 e. The van der Waals surface area contributed by atoms with Gasteiger partial charge in [-0.15, -0.1) is 0 Å². The predicted molar refractivity (Wildman–Crippen MR) is 114 cm³/mol. The lowest BCUT2D eigenvalue weighted by Gasteiger charge is -2.26. The van der Waals surface area contributed by atoms with E-state index in [0.29, 0.717) is 26.3 Å². The molecular weight excluding hydrogens is 366 g/mol. The summed E-state index contributed by atoms with van der Waals surface area (Å²) in [5.41, 5.74) is 3.53. The van der Waals surface area contributed by atoms with Crippen LogP contribution in [0.4, 0.5) is 5.69 Å². The van der Waals surface area contributed by atoms with Crippen molar-refractivity contribution >= 4 is 17.5 Å². The van der Waals surface area contributed by atoms with Crippen molar-refractivity contribution in [2.75, 3.05) is 31.6 Å². The van der Waals surface area contributed by atoms with Gasteiger partial charge in [-0.3, -0.25) is 9.59 Å². The summed E-state index contributed by atoms with van der Waals surface area (Å²) in [5, 5.41) is 3.06. The largest absolute Gasteiger partial charge is 0.378 e. The number of aromatic nitrogens is 1. The summed E-state index contributed by atoms with van der Waals surface area (Å²) in [6.07, 6.45) is 0. The average Bonchev–Trinajstić information content (AvgIpc) is 2.73. The third-order valence-electron chi connectivity index (χ3n) is 5.11. The van der Waals surface area contributed by atoms with Crippen LogP contribution in [0.2, 0.25) is 0 Å². The molecule has 6 heteroatoms. The van der Waals surface area contributed by atoms with Gasteiger partial charge in [-0.2, -0.15) is 0 Å². The summed E-state index contributed by atoms with van der Waals surface area (Å²) in [5.74, 6) is 0.0578. The minimum atomic E-state index is -0.309. The molecule has 1 fully saturated rings. The number of ether oxygens (including phenoxy) is 1. The van der Waals surface area contributed by atoms with Crippen LogP contribution in [0.15, 0.2) is 36.4 Å². The zero-order valence-electron chi connectivity index (χ0n) is 17.6. The van der Waals surface area contributed by atoms with Crippen molar-refractivity contribution in [3.8, 4) is 0 Å². The first-order valence-corrected chi connectivity index (χ1v) is 10.2. The number of amides is 2. The Morgan fingerprint density at radius 2 is 1.48 bits per heavy atom. The number of nitrogens with zero attached hydrogens (tertiary/aromatic N) is 2. The number of benzene rings is 1. The fraction of sp³-hybridized carbons (Fsp3) is 0.435. The Morgan fingerprint density at radius 3 is 2.07 bits per heavy atom. The number of carbonyl (C=O) groups is 2. The molecule has 1 saturated heterocycles. The van der Waals surface area contributed by atoms with E-state index in [1.165, 1.54) is 0 Å². The van der Waals surface area contributed by atoms with E-state index < -0.39 is 0 Å². The average molecular weight is 396 g/mol. The molecule has 6 nitrogen and oxygen atoms in total. The van der Waals surface area contributed by atoms with Gasteiger partial charge in [-0.1, -0.05) is 52.0 Å². The Morgan fingerprint density at radius 1 is 0.931 bits per heavy atom. The van der Waals surface area contributed by atoms with Gasteiger partial charge in [0.25, 0.3) is 11.8 Å². The van der Waals surface area contributed by atoms with Gasteiger partial charge in [0, 0.05) is 18.8 Å². The number of rotatable bonds is 5. The number of para-hydroxylation sites is 1. The number of hydrogen-bond donors (Lipinski definition) is 1. The SMILES string of the molecule is CC(C)c1cccc(C(C)C)c1NC(=O)c1cccc(C(=O)N2CCOCC2)n1. The highest BCUT2D eigenvalue weighted by Crippen LogP contribution is 2.32. The lowest BCUT2D eigenvalue weighted by molar-refractivity contribution is 0.0299. The third kappa shape index (κ3) is 4.82. The monoisotopic (exact) mass is 395 g/mol. The molecule has 0 atom stereocenters. The number of hydrogen-bond acceptors (Lipinski definition) is 4. The maximum Gasteiger partial charge on any atom is 0.274 e. The van der Waals surface area contributed by atoms with E-state index in [9.17, 15) is 9.59 Å². The van der Waals surface area contributed by atoms with Crippen molar-refractivity contribution in [2.45, 2.75) is 39.5 Å². The highest BCUT2D eigenvalue weighted by Gasteiger charge is 2.22. The molecule has 0 radical (unpaired) electrons. The molecule has 1 N–H and O–H groups in total. The number of pyridine rings is 1. The maximum atomic E-state index is 13.0. The van der Waals surface area contributed by atoms with Crippen LogP contribution in [0.1, 0.15) is 71.6 Å². The summed E-state index contributed by atoms with van der Waals surface area (Å²) in [7, 11) is 0. The van der Waals surface area contributed by atoms with Gasteiger partial charge in [0.2, 0.25) is 0 Å². The Balaban J connectivity index is 1.86. The van der Waals surface area contributed by atoms with E-state index in [2.05, 4.69) is 38.0 Å². The Hall–Kier alpha value is -2.73. The molecule has 1 aliphatic heterocycles. The second-order valence-corrected chi connectivity index (χ2v) is 7.89. The van der Waals surface area contributed by atoms with Crippen LogP contribution in [0.25, 0.3) is 0 Å². The molecule has 29 heavy (non-hydrogen) atoms. The Kier molecular flexibility index (Phi) is 6.64. The smallest absolute Gasteiger partial charge is 0.274 e. The lowest BCUT2D eigenvalue weighted by Crippen LogP contribution is -2.41. The molecule has 2 amide bonds. The second kappa shape index (κ2) is 9.18. The van der Waals surface area contributed by atoms with Gasteiger partial charge in [-0.05, 0) is 35.1 Å². The fourth-order valence-corrected chi connectivity index (χ4v) is 3.48. The number of anilines is 1. The molecule has 1 aliphatic rings.